The van der Waals surface area contributed by atoms with Gasteiger partial charge in [-0.2, -0.15) is 4.52 Å². The number of anilines is 1. The van der Waals surface area contributed by atoms with E-state index >= 15 is 0 Å². The highest BCUT2D eigenvalue weighted by molar-refractivity contribution is 5.78. The molecule has 112 valence electrons. The van der Waals surface area contributed by atoms with E-state index in [0.29, 0.717) is 0 Å². The van der Waals surface area contributed by atoms with Crippen molar-refractivity contribution in [3.05, 3.63) is 18.0 Å². The Kier molecular flexibility index (Phi) is 3.27. The lowest BCUT2D eigenvalue weighted by Gasteiger charge is -2.44. The van der Waals surface area contributed by atoms with Crippen LogP contribution in [0.5, 0.6) is 0 Å². The first kappa shape index (κ1) is 13.8. The monoisotopic (exact) mass is 288 g/mol. The third-order valence-corrected chi connectivity index (χ3v) is 3.98. The lowest BCUT2D eigenvalue weighted by atomic mass is 10.1. The summed E-state index contributed by atoms with van der Waals surface area (Å²) in [6.45, 7) is 7.37. The summed E-state index contributed by atoms with van der Waals surface area (Å²) in [5, 5.41) is 12.6. The second-order valence-electron chi connectivity index (χ2n) is 5.87. The second kappa shape index (κ2) is 4.98. The number of nitrogens with zero attached hydrogens (tertiary/aromatic N) is 6. The fourth-order valence-electron chi connectivity index (χ4n) is 2.53. The summed E-state index contributed by atoms with van der Waals surface area (Å²) in [5.74, 6) is 1.90. The van der Waals surface area contributed by atoms with E-state index in [-0.39, 0.29) is 17.9 Å². The van der Waals surface area contributed by atoms with Crippen LogP contribution in [0.15, 0.2) is 12.1 Å². The minimum absolute atomic E-state index is 0.0400. The average molecular weight is 288 g/mol. The summed E-state index contributed by atoms with van der Waals surface area (Å²) in [4.78, 5) is 16.0. The van der Waals surface area contributed by atoms with Gasteiger partial charge in [-0.3, -0.25) is 4.79 Å². The predicted molar refractivity (Wildman–Crippen MR) is 79.1 cm³/mol. The van der Waals surface area contributed by atoms with Crippen molar-refractivity contribution in [2.75, 3.05) is 25.0 Å². The van der Waals surface area contributed by atoms with Crippen LogP contribution in [-0.2, 0) is 4.79 Å². The third kappa shape index (κ3) is 2.32. The minimum atomic E-state index is 0.0400. The molecule has 0 radical (unpaired) electrons. The Bertz CT molecular complexity index is 673. The molecule has 0 atom stereocenters. The fourth-order valence-corrected chi connectivity index (χ4v) is 2.53. The van der Waals surface area contributed by atoms with Crippen molar-refractivity contribution in [3.8, 4) is 0 Å². The molecule has 1 aliphatic rings. The van der Waals surface area contributed by atoms with Crippen molar-refractivity contribution < 1.29 is 4.79 Å². The molecule has 1 aliphatic heterocycles. The van der Waals surface area contributed by atoms with Crippen LogP contribution >= 0.6 is 0 Å². The number of hydrogen-bond acceptors (Lipinski definition) is 5. The normalized spacial score (nSPS) is 15.6. The zero-order chi connectivity index (χ0) is 15.1. The molecule has 7 nitrogen and oxygen atoms in total. The van der Waals surface area contributed by atoms with Gasteiger partial charge >= 0.3 is 0 Å². The maximum Gasteiger partial charge on any atom is 0.225 e. The minimum Gasteiger partial charge on any atom is -0.351 e. The standard InChI is InChI=1S/C14H20N6O/c1-9(2)14(21)18(4)11-7-19(8-11)13-6-5-12-16-15-10(3)20(12)17-13/h5-6,9,11H,7-8H2,1-4H3. The lowest BCUT2D eigenvalue weighted by Crippen LogP contribution is -2.60. The van der Waals surface area contributed by atoms with Gasteiger partial charge in [-0.1, -0.05) is 13.8 Å². The maximum absolute atomic E-state index is 12.0. The quantitative estimate of drug-likeness (QED) is 0.833. The van der Waals surface area contributed by atoms with Crippen LogP contribution in [0.2, 0.25) is 0 Å². The molecule has 0 aromatic carbocycles. The zero-order valence-electron chi connectivity index (χ0n) is 12.8. The number of aryl methyl sites for hydroxylation is 1. The number of amides is 1. The number of aromatic nitrogens is 4. The Morgan fingerprint density at radius 2 is 2.05 bits per heavy atom. The van der Waals surface area contributed by atoms with Crippen molar-refractivity contribution >= 4 is 17.4 Å². The molecule has 1 fully saturated rings. The second-order valence-corrected chi connectivity index (χ2v) is 5.87. The van der Waals surface area contributed by atoms with E-state index < -0.39 is 0 Å². The van der Waals surface area contributed by atoms with Crippen molar-refractivity contribution in [2.45, 2.75) is 26.8 Å². The predicted octanol–water partition coefficient (Wildman–Crippen LogP) is 0.736. The first-order chi connectivity index (χ1) is 9.97. The Hall–Kier alpha value is -2.18. The number of fused-ring (bicyclic) bond motifs is 1. The molecule has 1 amide bonds. The number of carbonyl (C=O) groups excluding carboxylic acids is 1. The van der Waals surface area contributed by atoms with Gasteiger partial charge in [-0.05, 0) is 19.1 Å². The van der Waals surface area contributed by atoms with Gasteiger partial charge in [0.05, 0.1) is 6.04 Å². The van der Waals surface area contributed by atoms with E-state index in [9.17, 15) is 4.79 Å². The highest BCUT2D eigenvalue weighted by Crippen LogP contribution is 2.22. The van der Waals surface area contributed by atoms with Gasteiger partial charge in [-0.25, -0.2) is 0 Å². The van der Waals surface area contributed by atoms with Crippen LogP contribution in [0.4, 0.5) is 5.82 Å². The van der Waals surface area contributed by atoms with Crippen LogP contribution in [0.1, 0.15) is 19.7 Å². The van der Waals surface area contributed by atoms with Crippen LogP contribution in [0.3, 0.4) is 0 Å². The summed E-state index contributed by atoms with van der Waals surface area (Å²) in [6, 6.07) is 4.13. The first-order valence-electron chi connectivity index (χ1n) is 7.18. The highest BCUT2D eigenvalue weighted by atomic mass is 16.2. The maximum atomic E-state index is 12.0. The number of carbonyl (C=O) groups is 1. The summed E-state index contributed by atoms with van der Waals surface area (Å²) < 4.78 is 1.74. The topological polar surface area (TPSA) is 66.6 Å². The van der Waals surface area contributed by atoms with Crippen molar-refractivity contribution in [1.82, 2.24) is 24.7 Å². The number of rotatable bonds is 3. The molecule has 3 rings (SSSR count). The summed E-state index contributed by atoms with van der Waals surface area (Å²) in [6.07, 6.45) is 0. The van der Waals surface area contributed by atoms with Gasteiger partial charge in [-0.15, -0.1) is 15.3 Å². The molecule has 2 aromatic rings. The van der Waals surface area contributed by atoms with E-state index in [1.165, 1.54) is 0 Å². The molecule has 0 saturated carbocycles. The molecular formula is C14H20N6O. The smallest absolute Gasteiger partial charge is 0.225 e. The van der Waals surface area contributed by atoms with Gasteiger partial charge in [0.15, 0.2) is 11.5 Å². The van der Waals surface area contributed by atoms with E-state index in [1.807, 2.05) is 44.9 Å². The van der Waals surface area contributed by atoms with E-state index in [4.69, 9.17) is 0 Å². The molecule has 3 heterocycles. The molecular weight excluding hydrogens is 268 g/mol. The molecule has 2 aromatic heterocycles. The summed E-state index contributed by atoms with van der Waals surface area (Å²) >= 11 is 0. The number of likely N-dealkylation sites (N-methyl/N-ethyl adjacent to an activating group) is 1. The molecule has 0 N–H and O–H groups in total. The Labute approximate surface area is 123 Å². The largest absolute Gasteiger partial charge is 0.351 e. The Morgan fingerprint density at radius 3 is 2.71 bits per heavy atom. The van der Waals surface area contributed by atoms with Crippen molar-refractivity contribution in [3.63, 3.8) is 0 Å². The van der Waals surface area contributed by atoms with Crippen LogP contribution in [-0.4, -0.2) is 56.8 Å². The molecule has 0 unspecified atom stereocenters. The third-order valence-electron chi connectivity index (χ3n) is 3.98. The summed E-state index contributed by atoms with van der Waals surface area (Å²) in [5.41, 5.74) is 0.750. The molecule has 7 heteroatoms. The van der Waals surface area contributed by atoms with Crippen molar-refractivity contribution in [1.29, 1.82) is 0 Å². The lowest BCUT2D eigenvalue weighted by molar-refractivity contribution is -0.135. The molecule has 0 aliphatic carbocycles. The van der Waals surface area contributed by atoms with E-state index in [2.05, 4.69) is 20.2 Å². The van der Waals surface area contributed by atoms with E-state index in [1.54, 1.807) is 4.52 Å². The van der Waals surface area contributed by atoms with Gasteiger partial charge in [0.2, 0.25) is 5.91 Å². The van der Waals surface area contributed by atoms with Gasteiger partial charge in [0, 0.05) is 26.1 Å². The van der Waals surface area contributed by atoms with Gasteiger partial charge < -0.3 is 9.80 Å². The Morgan fingerprint density at radius 1 is 1.33 bits per heavy atom. The van der Waals surface area contributed by atoms with Gasteiger partial charge in [0.1, 0.15) is 5.82 Å². The zero-order valence-corrected chi connectivity index (χ0v) is 12.8. The molecule has 0 bridgehead atoms. The molecule has 1 saturated heterocycles. The number of hydrogen-bond donors (Lipinski definition) is 0. The average Bonchev–Trinajstić information content (AvgIpc) is 2.77. The fraction of sp³-hybridized carbons (Fsp3) is 0.571. The SMILES string of the molecule is Cc1nnc2ccc(N3CC(N(C)C(=O)C(C)C)C3)nn12. The van der Waals surface area contributed by atoms with Crippen LogP contribution in [0, 0.1) is 12.8 Å². The summed E-state index contributed by atoms with van der Waals surface area (Å²) in [7, 11) is 1.88. The first-order valence-corrected chi connectivity index (χ1v) is 7.18. The highest BCUT2D eigenvalue weighted by Gasteiger charge is 2.34. The van der Waals surface area contributed by atoms with Crippen LogP contribution < -0.4 is 4.90 Å². The Balaban J connectivity index is 1.70. The van der Waals surface area contributed by atoms with Gasteiger partial charge in [0.25, 0.3) is 0 Å². The molecule has 0 spiro atoms. The molecule has 21 heavy (non-hydrogen) atoms. The van der Waals surface area contributed by atoms with Crippen molar-refractivity contribution in [2.24, 2.45) is 5.92 Å². The van der Waals surface area contributed by atoms with Crippen LogP contribution in [0.25, 0.3) is 5.65 Å². The van der Waals surface area contributed by atoms with E-state index in [0.717, 1.165) is 30.4 Å².